The van der Waals surface area contributed by atoms with Gasteiger partial charge in [0.15, 0.2) is 11.5 Å². The number of benzene rings is 6. The lowest BCUT2D eigenvalue weighted by Crippen LogP contribution is -2.17. The Morgan fingerprint density at radius 1 is 0.540 bits per heavy atom. The number of hydrogen-bond acceptors (Lipinski definition) is 9. The lowest BCUT2D eigenvalue weighted by Gasteiger charge is -2.14. The molecule has 0 amide bonds. The zero-order valence-corrected chi connectivity index (χ0v) is 35.3. The van der Waals surface area contributed by atoms with E-state index < -0.39 is 44.1 Å². The van der Waals surface area contributed by atoms with E-state index in [2.05, 4.69) is 14.2 Å². The van der Waals surface area contributed by atoms with Crippen LogP contribution in [0.4, 0.5) is 24.5 Å². The van der Waals surface area contributed by atoms with Crippen molar-refractivity contribution in [3.63, 3.8) is 0 Å². The van der Waals surface area contributed by atoms with Gasteiger partial charge < -0.3 is 24.4 Å². The number of anilines is 2. The van der Waals surface area contributed by atoms with E-state index in [1.807, 2.05) is 18.2 Å². The number of nitrogens with one attached hydrogen (secondary N) is 2. The number of sulfonamides is 2. The van der Waals surface area contributed by atoms with Crippen molar-refractivity contribution in [3.05, 3.63) is 173 Å². The third-order valence-corrected chi connectivity index (χ3v) is 12.0. The minimum Gasteiger partial charge on any atom is -0.493 e. The van der Waals surface area contributed by atoms with Crippen molar-refractivity contribution in [2.45, 2.75) is 41.8 Å². The second-order valence-corrected chi connectivity index (χ2v) is 16.9. The predicted octanol–water partition coefficient (Wildman–Crippen LogP) is 8.86. The van der Waals surface area contributed by atoms with Crippen molar-refractivity contribution >= 4 is 43.4 Å². The molecule has 6 rings (SSSR count). The number of ether oxygens (including phenoxy) is 3. The molecular formula is C45H41F3N2O11S2. The Morgan fingerprint density at radius 2 is 0.984 bits per heavy atom. The molecule has 330 valence electrons. The van der Waals surface area contributed by atoms with Crippen molar-refractivity contribution in [1.82, 2.24) is 0 Å². The molecule has 0 aliphatic carbocycles. The number of hydrogen-bond donors (Lipinski definition) is 4. The van der Waals surface area contributed by atoms with Crippen LogP contribution in [0.2, 0.25) is 0 Å². The molecule has 63 heavy (non-hydrogen) atoms. The summed E-state index contributed by atoms with van der Waals surface area (Å²) in [4.78, 5) is 22.1. The molecule has 0 saturated heterocycles. The van der Waals surface area contributed by atoms with Crippen LogP contribution in [0.15, 0.2) is 149 Å². The maximum Gasteiger partial charge on any atom is 0.573 e. The molecule has 6 aromatic carbocycles. The van der Waals surface area contributed by atoms with Crippen LogP contribution in [-0.2, 0) is 45.7 Å². The first-order chi connectivity index (χ1) is 29.9. The van der Waals surface area contributed by atoms with Gasteiger partial charge in [-0.1, -0.05) is 60.7 Å². The summed E-state index contributed by atoms with van der Waals surface area (Å²) in [5, 5.41) is 18.3. The van der Waals surface area contributed by atoms with Crippen LogP contribution < -0.4 is 23.7 Å². The van der Waals surface area contributed by atoms with E-state index in [0.717, 1.165) is 41.0 Å². The number of halogens is 3. The zero-order valence-electron chi connectivity index (χ0n) is 33.6. The van der Waals surface area contributed by atoms with Crippen molar-refractivity contribution in [1.29, 1.82) is 0 Å². The fraction of sp³-hybridized carbons (Fsp3) is 0.156. The normalized spacial score (nSPS) is 11.4. The monoisotopic (exact) mass is 906 g/mol. The van der Waals surface area contributed by atoms with Gasteiger partial charge in [0, 0.05) is 6.07 Å². The van der Waals surface area contributed by atoms with Crippen LogP contribution in [0.25, 0.3) is 0 Å². The Labute approximate surface area is 361 Å². The van der Waals surface area contributed by atoms with Crippen molar-refractivity contribution < 1.29 is 64.0 Å². The molecule has 0 aromatic heterocycles. The summed E-state index contributed by atoms with van der Waals surface area (Å²) < 4.78 is 107. The van der Waals surface area contributed by atoms with Gasteiger partial charge in [-0.3, -0.25) is 9.44 Å². The summed E-state index contributed by atoms with van der Waals surface area (Å²) in [6.07, 6.45) is -2.87. The highest BCUT2D eigenvalue weighted by Crippen LogP contribution is 2.31. The van der Waals surface area contributed by atoms with E-state index in [4.69, 9.17) is 19.7 Å². The van der Waals surface area contributed by atoms with Gasteiger partial charge in [-0.25, -0.2) is 26.4 Å². The molecule has 4 N–H and O–H groups in total. The van der Waals surface area contributed by atoms with Crippen molar-refractivity contribution in [2.75, 3.05) is 23.7 Å². The number of aryl methyl sites for hydroxylation is 4. The average Bonchev–Trinajstić information content (AvgIpc) is 3.25. The Hall–Kier alpha value is -7.05. The molecule has 6 aromatic rings. The van der Waals surface area contributed by atoms with Gasteiger partial charge in [-0.2, -0.15) is 0 Å². The van der Waals surface area contributed by atoms with Crippen LogP contribution in [-0.4, -0.2) is 59.6 Å². The summed E-state index contributed by atoms with van der Waals surface area (Å²) in [7, 11) is -5.00. The number of carboxylic acid groups (broad SMARTS) is 2. The summed E-state index contributed by atoms with van der Waals surface area (Å²) in [6.45, 7) is 0. The standard InChI is InChI=1S/C23H23NO6S.C22H18F3NO5S/c1-29-21-13-12-19(15-22(21)30-2)31(27,28)24-20-9-4-3-7-17(20)11-10-16-6-5-8-18(14-16)23(25)26;23-22(24,25)31-18-10-12-19(13-11-18)32(29,30)26-20-7-2-1-5-16(20)9-8-15-4-3-6-17(14-15)21(27)28/h3-9,12-15,24H,10-11H2,1-2H3,(H,25,26);1-7,10-14,26H,8-9H2,(H,27,28). The number of methoxy groups -OCH3 is 2. The van der Waals surface area contributed by atoms with Gasteiger partial charge in [-0.15, -0.1) is 13.2 Å². The van der Waals surface area contributed by atoms with Gasteiger partial charge in [0.1, 0.15) is 5.75 Å². The molecule has 0 aliphatic rings. The molecule has 0 atom stereocenters. The lowest BCUT2D eigenvalue weighted by molar-refractivity contribution is -0.274. The van der Waals surface area contributed by atoms with Crippen LogP contribution in [0.1, 0.15) is 43.0 Å². The second-order valence-electron chi connectivity index (χ2n) is 13.6. The summed E-state index contributed by atoms with van der Waals surface area (Å²) in [6, 6.07) is 35.2. The third-order valence-electron chi connectivity index (χ3n) is 9.27. The first kappa shape index (κ1) is 47.0. The Bertz CT molecular complexity index is 2780. The van der Waals surface area contributed by atoms with Gasteiger partial charge >= 0.3 is 18.3 Å². The predicted molar refractivity (Wildman–Crippen MR) is 229 cm³/mol. The molecule has 13 nitrogen and oxygen atoms in total. The van der Waals surface area contributed by atoms with Gasteiger partial charge in [0.25, 0.3) is 20.0 Å². The summed E-state index contributed by atoms with van der Waals surface area (Å²) in [5.74, 6) is -1.79. The van der Waals surface area contributed by atoms with Gasteiger partial charge in [-0.05, 0) is 121 Å². The smallest absolute Gasteiger partial charge is 0.493 e. The topological polar surface area (TPSA) is 195 Å². The lowest BCUT2D eigenvalue weighted by atomic mass is 10.0. The molecule has 0 saturated carbocycles. The SMILES string of the molecule is COc1ccc(S(=O)(=O)Nc2ccccc2CCc2cccc(C(=O)O)c2)cc1OC.O=C(O)c1cccc(CCc2ccccc2NS(=O)(=O)c2ccc(OC(F)(F)F)cc2)c1. The first-order valence-electron chi connectivity index (χ1n) is 18.8. The molecule has 0 bridgehead atoms. The van der Waals surface area contributed by atoms with Crippen molar-refractivity contribution in [2.24, 2.45) is 0 Å². The zero-order chi connectivity index (χ0) is 45.8. The minimum atomic E-state index is -4.87. The van der Waals surface area contributed by atoms with Crippen LogP contribution in [0.5, 0.6) is 17.2 Å². The van der Waals surface area contributed by atoms with E-state index >= 15 is 0 Å². The van der Waals surface area contributed by atoms with Crippen molar-refractivity contribution in [3.8, 4) is 17.2 Å². The van der Waals surface area contributed by atoms with E-state index in [1.54, 1.807) is 66.7 Å². The Morgan fingerprint density at radius 3 is 1.43 bits per heavy atom. The van der Waals surface area contributed by atoms with E-state index in [-0.39, 0.29) is 20.9 Å². The quantitative estimate of drug-likeness (QED) is 0.0683. The molecule has 0 heterocycles. The number of rotatable bonds is 17. The number of carboxylic acids is 2. The Kier molecular flexibility index (Phi) is 15.4. The maximum absolute atomic E-state index is 12.9. The molecule has 0 radical (unpaired) electrons. The van der Waals surface area contributed by atoms with E-state index in [9.17, 15) is 39.6 Å². The highest BCUT2D eigenvalue weighted by molar-refractivity contribution is 7.93. The molecule has 0 fully saturated rings. The third kappa shape index (κ3) is 13.5. The minimum absolute atomic E-state index is 0.0501. The number of alkyl halides is 3. The maximum atomic E-state index is 12.9. The van der Waals surface area contributed by atoms with E-state index in [0.29, 0.717) is 54.1 Å². The molecule has 0 unspecified atom stereocenters. The number of para-hydroxylation sites is 2. The molecule has 18 heteroatoms. The second kappa shape index (κ2) is 20.7. The van der Waals surface area contributed by atoms with E-state index in [1.165, 1.54) is 44.6 Å². The largest absolute Gasteiger partial charge is 0.573 e. The summed E-state index contributed by atoms with van der Waals surface area (Å²) >= 11 is 0. The summed E-state index contributed by atoms with van der Waals surface area (Å²) in [5.41, 5.74) is 4.28. The van der Waals surface area contributed by atoms with Crippen LogP contribution in [0, 0.1) is 0 Å². The fourth-order valence-corrected chi connectivity index (χ4v) is 8.38. The molecular weight excluding hydrogens is 866 g/mol. The van der Waals surface area contributed by atoms with Crippen LogP contribution >= 0.6 is 0 Å². The van der Waals surface area contributed by atoms with Gasteiger partial charge in [0.2, 0.25) is 0 Å². The number of aromatic carboxylic acids is 2. The highest BCUT2D eigenvalue weighted by Gasteiger charge is 2.31. The molecule has 0 spiro atoms. The number of carbonyl (C=O) groups is 2. The average molecular weight is 907 g/mol. The Balaban J connectivity index is 0.000000238. The fourth-order valence-electron chi connectivity index (χ4n) is 6.17. The highest BCUT2D eigenvalue weighted by atomic mass is 32.2. The molecule has 0 aliphatic heterocycles. The first-order valence-corrected chi connectivity index (χ1v) is 21.8. The van der Waals surface area contributed by atoms with Crippen LogP contribution in [0.3, 0.4) is 0 Å². The van der Waals surface area contributed by atoms with Gasteiger partial charge in [0.05, 0.1) is 46.5 Å².